The van der Waals surface area contributed by atoms with Crippen LogP contribution in [0, 0.1) is 0 Å². The number of aryl methyl sites for hydroxylation is 1. The van der Waals surface area contributed by atoms with Gasteiger partial charge in [-0.05, 0) is 24.6 Å². The largest absolute Gasteiger partial charge is 0.399 e. The Balaban J connectivity index is 2.58. The quantitative estimate of drug-likeness (QED) is 0.714. The van der Waals surface area contributed by atoms with Gasteiger partial charge in [-0.3, -0.25) is 0 Å². The molecule has 0 bridgehead atoms. The van der Waals surface area contributed by atoms with Crippen LogP contribution in [0.4, 0.5) is 5.69 Å². The fourth-order valence-electron chi connectivity index (χ4n) is 1.42. The third-order valence-electron chi connectivity index (χ3n) is 2.06. The lowest BCUT2D eigenvalue weighted by Gasteiger charge is -1.93. The van der Waals surface area contributed by atoms with Gasteiger partial charge in [-0.1, -0.05) is 18.5 Å². The first kappa shape index (κ1) is 8.10. The molecule has 0 radical (unpaired) electrons. The van der Waals surface area contributed by atoms with E-state index in [1.807, 2.05) is 18.2 Å². The Bertz CT molecular complexity index is 420. The minimum atomic E-state index is 0.757. The zero-order valence-electron chi connectivity index (χ0n) is 7.58. The Morgan fingerprint density at radius 3 is 3.08 bits per heavy atom. The number of benzene rings is 1. The number of hydrogen-bond donors (Lipinski definition) is 1. The molecule has 0 saturated carbocycles. The summed E-state index contributed by atoms with van der Waals surface area (Å²) < 4.78 is 5.15. The van der Waals surface area contributed by atoms with E-state index < -0.39 is 0 Å². The SMILES string of the molecule is CCCc1noc2ccc(N)cc12. The fourth-order valence-corrected chi connectivity index (χ4v) is 1.42. The predicted molar refractivity (Wildman–Crippen MR) is 52.4 cm³/mol. The number of nitrogen functional groups attached to an aromatic ring is 1. The molecule has 0 fully saturated rings. The average molecular weight is 176 g/mol. The van der Waals surface area contributed by atoms with Gasteiger partial charge in [0.25, 0.3) is 0 Å². The molecule has 2 rings (SSSR count). The van der Waals surface area contributed by atoms with Crippen LogP contribution in [0.2, 0.25) is 0 Å². The standard InChI is InChI=1S/C10H12N2O/c1-2-3-9-8-6-7(11)4-5-10(8)13-12-9/h4-6H,2-3,11H2,1H3. The highest BCUT2D eigenvalue weighted by atomic mass is 16.5. The molecule has 0 aliphatic rings. The van der Waals surface area contributed by atoms with Gasteiger partial charge in [0.1, 0.15) is 0 Å². The Morgan fingerprint density at radius 2 is 2.31 bits per heavy atom. The number of hydrogen-bond acceptors (Lipinski definition) is 3. The number of aromatic nitrogens is 1. The Morgan fingerprint density at radius 1 is 1.46 bits per heavy atom. The molecule has 2 aromatic rings. The maximum absolute atomic E-state index is 5.68. The average Bonchev–Trinajstić information content (AvgIpc) is 2.49. The molecule has 13 heavy (non-hydrogen) atoms. The molecular formula is C10H12N2O. The van der Waals surface area contributed by atoms with Crippen LogP contribution >= 0.6 is 0 Å². The molecule has 3 heteroatoms. The van der Waals surface area contributed by atoms with Crippen LogP contribution < -0.4 is 5.73 Å². The fraction of sp³-hybridized carbons (Fsp3) is 0.300. The van der Waals surface area contributed by atoms with E-state index in [4.69, 9.17) is 10.3 Å². The highest BCUT2D eigenvalue weighted by Gasteiger charge is 2.06. The molecule has 2 N–H and O–H groups in total. The summed E-state index contributed by atoms with van der Waals surface area (Å²) in [6.07, 6.45) is 2.01. The van der Waals surface area contributed by atoms with Crippen LogP contribution in [0.25, 0.3) is 11.0 Å². The van der Waals surface area contributed by atoms with Crippen LogP contribution in [0.5, 0.6) is 0 Å². The van der Waals surface area contributed by atoms with Gasteiger partial charge in [0.2, 0.25) is 0 Å². The van der Waals surface area contributed by atoms with Crippen molar-refractivity contribution in [2.24, 2.45) is 0 Å². The lowest BCUT2D eigenvalue weighted by atomic mass is 10.1. The van der Waals surface area contributed by atoms with Crippen LogP contribution in [0.1, 0.15) is 19.0 Å². The number of rotatable bonds is 2. The topological polar surface area (TPSA) is 52.0 Å². The highest BCUT2D eigenvalue weighted by Crippen LogP contribution is 2.21. The molecule has 68 valence electrons. The second kappa shape index (κ2) is 3.09. The maximum Gasteiger partial charge on any atom is 0.167 e. The monoisotopic (exact) mass is 176 g/mol. The van der Waals surface area contributed by atoms with Gasteiger partial charge >= 0.3 is 0 Å². The highest BCUT2D eigenvalue weighted by molar-refractivity contribution is 5.82. The zero-order valence-corrected chi connectivity index (χ0v) is 7.58. The maximum atomic E-state index is 5.68. The molecular weight excluding hydrogens is 164 g/mol. The molecule has 0 atom stereocenters. The minimum absolute atomic E-state index is 0.757. The summed E-state index contributed by atoms with van der Waals surface area (Å²) >= 11 is 0. The van der Waals surface area contributed by atoms with Gasteiger partial charge in [0.15, 0.2) is 5.58 Å². The summed E-state index contributed by atoms with van der Waals surface area (Å²) in [5.41, 5.74) is 8.26. The van der Waals surface area contributed by atoms with Gasteiger partial charge in [0.05, 0.1) is 5.69 Å². The molecule has 0 aliphatic carbocycles. The summed E-state index contributed by atoms with van der Waals surface area (Å²) in [4.78, 5) is 0. The number of nitrogens with zero attached hydrogens (tertiary/aromatic N) is 1. The second-order valence-corrected chi connectivity index (χ2v) is 3.13. The van der Waals surface area contributed by atoms with E-state index in [1.165, 1.54) is 0 Å². The van der Waals surface area contributed by atoms with E-state index in [1.54, 1.807) is 0 Å². The summed E-state index contributed by atoms with van der Waals surface area (Å²) in [6, 6.07) is 5.59. The van der Waals surface area contributed by atoms with Crippen molar-refractivity contribution in [1.82, 2.24) is 5.16 Å². The summed E-state index contributed by atoms with van der Waals surface area (Å²) in [5, 5.41) is 5.04. The van der Waals surface area contributed by atoms with Crippen molar-refractivity contribution in [3.63, 3.8) is 0 Å². The van der Waals surface area contributed by atoms with E-state index in [9.17, 15) is 0 Å². The smallest absolute Gasteiger partial charge is 0.167 e. The third-order valence-corrected chi connectivity index (χ3v) is 2.06. The lowest BCUT2D eigenvalue weighted by molar-refractivity contribution is 0.445. The van der Waals surface area contributed by atoms with Crippen LogP contribution in [-0.2, 0) is 6.42 Å². The van der Waals surface area contributed by atoms with Crippen LogP contribution in [0.15, 0.2) is 22.7 Å². The van der Waals surface area contributed by atoms with E-state index in [-0.39, 0.29) is 0 Å². The van der Waals surface area contributed by atoms with Crippen molar-refractivity contribution in [1.29, 1.82) is 0 Å². The summed E-state index contributed by atoms with van der Waals surface area (Å²) in [7, 11) is 0. The van der Waals surface area contributed by atoms with Gasteiger partial charge in [-0.2, -0.15) is 0 Å². The van der Waals surface area contributed by atoms with E-state index >= 15 is 0 Å². The first-order valence-corrected chi connectivity index (χ1v) is 4.45. The van der Waals surface area contributed by atoms with Gasteiger partial charge in [-0.25, -0.2) is 0 Å². The van der Waals surface area contributed by atoms with E-state index in [2.05, 4.69) is 12.1 Å². The molecule has 1 aromatic carbocycles. The molecule has 0 aliphatic heterocycles. The van der Waals surface area contributed by atoms with Crippen molar-refractivity contribution < 1.29 is 4.52 Å². The predicted octanol–water partition coefficient (Wildman–Crippen LogP) is 2.36. The number of anilines is 1. The normalized spacial score (nSPS) is 10.8. The third kappa shape index (κ3) is 1.37. The number of nitrogens with two attached hydrogens (primary N) is 1. The molecule has 3 nitrogen and oxygen atoms in total. The molecule has 0 unspecified atom stereocenters. The Kier molecular flexibility index (Phi) is 1.93. The zero-order chi connectivity index (χ0) is 9.26. The molecule has 0 amide bonds. The second-order valence-electron chi connectivity index (χ2n) is 3.13. The lowest BCUT2D eigenvalue weighted by Crippen LogP contribution is -1.85. The van der Waals surface area contributed by atoms with Gasteiger partial charge in [-0.15, -0.1) is 0 Å². The van der Waals surface area contributed by atoms with Crippen LogP contribution in [-0.4, -0.2) is 5.16 Å². The molecule has 1 heterocycles. The Hall–Kier alpha value is -1.51. The van der Waals surface area contributed by atoms with Gasteiger partial charge < -0.3 is 10.3 Å². The van der Waals surface area contributed by atoms with Crippen molar-refractivity contribution >= 4 is 16.7 Å². The Labute approximate surface area is 76.5 Å². The minimum Gasteiger partial charge on any atom is -0.399 e. The first-order chi connectivity index (χ1) is 6.31. The van der Waals surface area contributed by atoms with Crippen LogP contribution in [0.3, 0.4) is 0 Å². The first-order valence-electron chi connectivity index (χ1n) is 4.45. The summed E-state index contributed by atoms with van der Waals surface area (Å²) in [6.45, 7) is 2.12. The summed E-state index contributed by atoms with van der Waals surface area (Å²) in [5.74, 6) is 0. The van der Waals surface area contributed by atoms with Gasteiger partial charge in [0, 0.05) is 11.1 Å². The molecule has 0 spiro atoms. The van der Waals surface area contributed by atoms with Crippen molar-refractivity contribution in [2.75, 3.05) is 5.73 Å². The van der Waals surface area contributed by atoms with E-state index in [0.717, 1.165) is 35.2 Å². The van der Waals surface area contributed by atoms with Crippen molar-refractivity contribution in [3.05, 3.63) is 23.9 Å². The van der Waals surface area contributed by atoms with Crippen molar-refractivity contribution in [3.8, 4) is 0 Å². The number of fused-ring (bicyclic) bond motifs is 1. The molecule has 1 aromatic heterocycles. The van der Waals surface area contributed by atoms with E-state index in [0.29, 0.717) is 0 Å². The van der Waals surface area contributed by atoms with Crippen molar-refractivity contribution in [2.45, 2.75) is 19.8 Å². The molecule has 0 saturated heterocycles.